The van der Waals surface area contributed by atoms with E-state index in [1.54, 1.807) is 6.07 Å². The van der Waals surface area contributed by atoms with Gasteiger partial charge in [-0.1, -0.05) is 0 Å². The standard InChI is InChI=1S/C13H14N2O3S/c14-10-2-1-8(5-11(10)16)13(18)15-6-12(17)9-3-4-19-7-9/h1-5,7,12,16-17H,6,14H2,(H,15,18). The molecule has 100 valence electrons. The van der Waals surface area contributed by atoms with E-state index in [9.17, 15) is 15.0 Å². The largest absolute Gasteiger partial charge is 0.506 e. The molecular weight excluding hydrogens is 264 g/mol. The molecule has 2 rings (SSSR count). The lowest BCUT2D eigenvalue weighted by atomic mass is 10.1. The molecule has 0 aliphatic heterocycles. The van der Waals surface area contributed by atoms with Crippen LogP contribution in [0, 0.1) is 0 Å². The van der Waals surface area contributed by atoms with Crippen LogP contribution in [-0.2, 0) is 0 Å². The molecular formula is C13H14N2O3S. The van der Waals surface area contributed by atoms with Gasteiger partial charge in [0, 0.05) is 12.1 Å². The summed E-state index contributed by atoms with van der Waals surface area (Å²) < 4.78 is 0. The maximum atomic E-state index is 11.8. The van der Waals surface area contributed by atoms with Gasteiger partial charge in [0.1, 0.15) is 5.75 Å². The first-order chi connectivity index (χ1) is 9.08. The highest BCUT2D eigenvalue weighted by Gasteiger charge is 2.12. The second kappa shape index (κ2) is 5.73. The number of benzene rings is 1. The van der Waals surface area contributed by atoms with Crippen LogP contribution < -0.4 is 11.1 Å². The number of phenols is 1. The zero-order valence-corrected chi connectivity index (χ0v) is 10.9. The number of hydrogen-bond donors (Lipinski definition) is 4. The molecule has 2 aromatic rings. The third-order valence-electron chi connectivity index (χ3n) is 2.68. The number of nitrogen functional groups attached to an aromatic ring is 1. The Morgan fingerprint density at radius 1 is 1.42 bits per heavy atom. The molecule has 5 nitrogen and oxygen atoms in total. The highest BCUT2D eigenvalue weighted by Crippen LogP contribution is 2.20. The summed E-state index contributed by atoms with van der Waals surface area (Å²) in [5.74, 6) is -0.504. The maximum Gasteiger partial charge on any atom is 0.251 e. The fourth-order valence-electron chi connectivity index (χ4n) is 1.56. The van der Waals surface area contributed by atoms with E-state index in [4.69, 9.17) is 5.73 Å². The fraction of sp³-hybridized carbons (Fsp3) is 0.154. The number of phenolic OH excluding ortho intramolecular Hbond substituents is 1. The Labute approximate surface area is 114 Å². The molecule has 0 saturated heterocycles. The van der Waals surface area contributed by atoms with Gasteiger partial charge in [0.2, 0.25) is 0 Å². The van der Waals surface area contributed by atoms with Crippen LogP contribution in [0.4, 0.5) is 5.69 Å². The summed E-state index contributed by atoms with van der Waals surface area (Å²) >= 11 is 1.48. The summed E-state index contributed by atoms with van der Waals surface area (Å²) in [4.78, 5) is 11.8. The summed E-state index contributed by atoms with van der Waals surface area (Å²) in [6.07, 6.45) is -0.738. The third kappa shape index (κ3) is 3.24. The number of rotatable bonds is 4. The molecule has 1 aromatic carbocycles. The highest BCUT2D eigenvalue weighted by molar-refractivity contribution is 7.07. The van der Waals surface area contributed by atoms with Gasteiger partial charge in [0.05, 0.1) is 11.8 Å². The van der Waals surface area contributed by atoms with Crippen molar-refractivity contribution in [3.8, 4) is 5.75 Å². The summed E-state index contributed by atoms with van der Waals surface area (Å²) in [6.45, 7) is 0.112. The molecule has 0 fully saturated rings. The van der Waals surface area contributed by atoms with Crippen molar-refractivity contribution in [2.75, 3.05) is 12.3 Å². The van der Waals surface area contributed by atoms with Gasteiger partial charge in [-0.15, -0.1) is 0 Å². The summed E-state index contributed by atoms with van der Waals surface area (Å²) in [5, 5.41) is 25.5. The summed E-state index contributed by atoms with van der Waals surface area (Å²) in [5.41, 5.74) is 6.74. The average Bonchev–Trinajstić information content (AvgIpc) is 2.92. The molecule has 1 unspecified atom stereocenters. The molecule has 0 spiro atoms. The van der Waals surface area contributed by atoms with E-state index >= 15 is 0 Å². The predicted molar refractivity (Wildman–Crippen MR) is 74.1 cm³/mol. The van der Waals surface area contributed by atoms with Gasteiger partial charge in [0.25, 0.3) is 5.91 Å². The molecule has 0 aliphatic carbocycles. The number of nitrogens with two attached hydrogens (primary N) is 1. The van der Waals surface area contributed by atoms with E-state index in [2.05, 4.69) is 5.32 Å². The SMILES string of the molecule is Nc1ccc(C(=O)NCC(O)c2ccsc2)cc1O. The number of amides is 1. The van der Waals surface area contributed by atoms with Crippen molar-refractivity contribution in [2.45, 2.75) is 6.10 Å². The van der Waals surface area contributed by atoms with E-state index in [1.165, 1.54) is 29.5 Å². The molecule has 0 aliphatic rings. The second-order valence-electron chi connectivity index (χ2n) is 4.06. The normalized spacial score (nSPS) is 12.1. The Morgan fingerprint density at radius 2 is 2.21 bits per heavy atom. The van der Waals surface area contributed by atoms with E-state index in [1.807, 2.05) is 10.8 Å². The number of aliphatic hydroxyl groups excluding tert-OH is 1. The number of thiophene rings is 1. The highest BCUT2D eigenvalue weighted by atomic mass is 32.1. The van der Waals surface area contributed by atoms with Crippen LogP contribution >= 0.6 is 11.3 Å². The monoisotopic (exact) mass is 278 g/mol. The van der Waals surface area contributed by atoms with Crippen LogP contribution in [0.2, 0.25) is 0 Å². The number of carbonyl (C=O) groups excluding carboxylic acids is 1. The topological polar surface area (TPSA) is 95.6 Å². The molecule has 0 bridgehead atoms. The van der Waals surface area contributed by atoms with Gasteiger partial charge >= 0.3 is 0 Å². The Balaban J connectivity index is 1.96. The van der Waals surface area contributed by atoms with Crippen molar-refractivity contribution < 1.29 is 15.0 Å². The van der Waals surface area contributed by atoms with Gasteiger partial charge in [0.15, 0.2) is 0 Å². The van der Waals surface area contributed by atoms with Crippen LogP contribution in [-0.4, -0.2) is 22.7 Å². The predicted octanol–water partition coefficient (Wildman–Crippen LogP) is 1.50. The molecule has 1 atom stereocenters. The number of carbonyl (C=O) groups is 1. The lowest BCUT2D eigenvalue weighted by molar-refractivity contribution is 0.0916. The van der Waals surface area contributed by atoms with Crippen molar-refractivity contribution in [1.82, 2.24) is 5.32 Å². The van der Waals surface area contributed by atoms with Gasteiger partial charge < -0.3 is 21.3 Å². The first-order valence-corrected chi connectivity index (χ1v) is 6.59. The first-order valence-electron chi connectivity index (χ1n) is 5.65. The lowest BCUT2D eigenvalue weighted by Gasteiger charge is -2.11. The molecule has 1 amide bonds. The minimum absolute atomic E-state index is 0.112. The molecule has 0 saturated carbocycles. The second-order valence-corrected chi connectivity index (χ2v) is 4.84. The van der Waals surface area contributed by atoms with Crippen molar-refractivity contribution >= 4 is 22.9 Å². The number of nitrogens with one attached hydrogen (secondary N) is 1. The minimum atomic E-state index is -0.738. The first kappa shape index (κ1) is 13.4. The molecule has 0 radical (unpaired) electrons. The minimum Gasteiger partial charge on any atom is -0.506 e. The lowest BCUT2D eigenvalue weighted by Crippen LogP contribution is -2.28. The smallest absolute Gasteiger partial charge is 0.251 e. The average molecular weight is 278 g/mol. The number of aliphatic hydroxyl groups is 1. The molecule has 5 N–H and O–H groups in total. The maximum absolute atomic E-state index is 11.8. The molecule has 6 heteroatoms. The zero-order chi connectivity index (χ0) is 13.8. The van der Waals surface area contributed by atoms with Crippen molar-refractivity contribution in [3.05, 3.63) is 46.2 Å². The van der Waals surface area contributed by atoms with E-state index < -0.39 is 6.10 Å². The van der Waals surface area contributed by atoms with E-state index in [0.29, 0.717) is 5.56 Å². The van der Waals surface area contributed by atoms with Gasteiger partial charge in [-0.3, -0.25) is 4.79 Å². The summed E-state index contributed by atoms with van der Waals surface area (Å²) in [7, 11) is 0. The molecule has 1 aromatic heterocycles. The van der Waals surface area contributed by atoms with Crippen LogP contribution in [0.3, 0.4) is 0 Å². The van der Waals surface area contributed by atoms with E-state index in [-0.39, 0.29) is 23.9 Å². The Bertz CT molecular complexity index is 569. The van der Waals surface area contributed by atoms with Crippen molar-refractivity contribution in [3.63, 3.8) is 0 Å². The van der Waals surface area contributed by atoms with Gasteiger partial charge in [-0.25, -0.2) is 0 Å². The van der Waals surface area contributed by atoms with Crippen molar-refractivity contribution in [1.29, 1.82) is 0 Å². The summed E-state index contributed by atoms with van der Waals surface area (Å²) in [6, 6.07) is 6.07. The van der Waals surface area contributed by atoms with Gasteiger partial charge in [-0.2, -0.15) is 11.3 Å². The van der Waals surface area contributed by atoms with Crippen molar-refractivity contribution in [2.24, 2.45) is 0 Å². The Hall–Kier alpha value is -2.05. The van der Waals surface area contributed by atoms with Gasteiger partial charge in [-0.05, 0) is 40.6 Å². The Kier molecular flexibility index (Phi) is 4.03. The van der Waals surface area contributed by atoms with E-state index in [0.717, 1.165) is 5.56 Å². The number of hydrogen-bond acceptors (Lipinski definition) is 5. The van der Waals surface area contributed by atoms with Crippen LogP contribution in [0.15, 0.2) is 35.0 Å². The van der Waals surface area contributed by atoms with Crippen LogP contribution in [0.1, 0.15) is 22.0 Å². The third-order valence-corrected chi connectivity index (χ3v) is 3.38. The Morgan fingerprint density at radius 3 is 2.84 bits per heavy atom. The molecule has 19 heavy (non-hydrogen) atoms. The zero-order valence-electron chi connectivity index (χ0n) is 10.0. The number of aromatic hydroxyl groups is 1. The molecule has 1 heterocycles. The number of anilines is 1. The van der Waals surface area contributed by atoms with Crippen LogP contribution in [0.5, 0.6) is 5.75 Å². The van der Waals surface area contributed by atoms with Crippen LogP contribution in [0.25, 0.3) is 0 Å². The fourth-order valence-corrected chi connectivity index (χ4v) is 2.27. The quantitative estimate of drug-likeness (QED) is 0.503.